The predicted octanol–water partition coefficient (Wildman–Crippen LogP) is 2.69. The van der Waals surface area contributed by atoms with Crippen molar-refractivity contribution in [3.8, 4) is 0 Å². The number of hydrogen-bond acceptors (Lipinski definition) is 3. The molecule has 3 amide bonds. The molecule has 152 valence electrons. The number of carbonyl (C=O) groups excluding carboxylic acids is 3. The molecule has 1 unspecified atom stereocenters. The van der Waals surface area contributed by atoms with Crippen LogP contribution in [0.5, 0.6) is 0 Å². The molecule has 1 aliphatic carbocycles. The molecule has 0 saturated carbocycles. The largest absolute Gasteiger partial charge is 0.366 e. The zero-order chi connectivity index (χ0) is 20.4. The number of nitrogens with two attached hydrogens (primary N) is 1. The fraction of sp³-hybridized carbons (Fsp3) is 0.667. The molecule has 1 rings (SSSR count). The molecular weight excluding hydrogens is 342 g/mol. The van der Waals surface area contributed by atoms with Gasteiger partial charge in [-0.15, -0.1) is 0 Å². The summed E-state index contributed by atoms with van der Waals surface area (Å²) in [4.78, 5) is 39.8. The van der Waals surface area contributed by atoms with E-state index in [4.69, 9.17) is 5.73 Å². The molecule has 0 aromatic carbocycles. The lowest BCUT2D eigenvalue weighted by atomic mass is 9.72. The zero-order valence-electron chi connectivity index (χ0n) is 17.3. The number of nitrogens with zero attached hydrogens (tertiary/aromatic N) is 1. The van der Waals surface area contributed by atoms with E-state index in [9.17, 15) is 14.4 Å². The van der Waals surface area contributed by atoms with Crippen molar-refractivity contribution in [1.29, 1.82) is 0 Å². The standard InChI is InChI=1S/C21H35N3O3/c1-5-9-21(20(27)23-10-6-2)14-16(18(22)25)13-17(15-21)19(26)24(11-7-3)12-8-4/h13,15H,5-12,14H2,1-4H3,(H2,22,25)(H,23,27). The average Bonchev–Trinajstić information content (AvgIpc) is 2.65. The van der Waals surface area contributed by atoms with E-state index in [1.807, 2.05) is 27.7 Å². The SMILES string of the molecule is CCCNC(=O)C1(CCC)C=C(C(=O)N(CCC)CCC)C=C(C(N)=O)C1. The third-order valence-corrected chi connectivity index (χ3v) is 4.79. The van der Waals surface area contributed by atoms with Gasteiger partial charge in [0.1, 0.15) is 0 Å². The van der Waals surface area contributed by atoms with Crippen molar-refractivity contribution >= 4 is 17.7 Å². The van der Waals surface area contributed by atoms with E-state index in [1.54, 1.807) is 17.1 Å². The average molecular weight is 378 g/mol. The van der Waals surface area contributed by atoms with Crippen LogP contribution in [0.15, 0.2) is 23.3 Å². The maximum atomic E-state index is 13.1. The van der Waals surface area contributed by atoms with E-state index < -0.39 is 11.3 Å². The van der Waals surface area contributed by atoms with E-state index in [2.05, 4.69) is 5.32 Å². The number of carbonyl (C=O) groups is 3. The van der Waals surface area contributed by atoms with Crippen molar-refractivity contribution in [1.82, 2.24) is 10.2 Å². The normalized spacial score (nSPS) is 19.1. The first-order valence-electron chi connectivity index (χ1n) is 10.2. The second-order valence-corrected chi connectivity index (χ2v) is 7.26. The molecule has 1 atom stereocenters. The van der Waals surface area contributed by atoms with Crippen molar-refractivity contribution < 1.29 is 14.4 Å². The third kappa shape index (κ3) is 5.94. The van der Waals surface area contributed by atoms with E-state index in [1.165, 1.54) is 0 Å². The summed E-state index contributed by atoms with van der Waals surface area (Å²) in [5.41, 5.74) is 5.39. The van der Waals surface area contributed by atoms with Gasteiger partial charge in [-0.3, -0.25) is 14.4 Å². The fourth-order valence-electron chi connectivity index (χ4n) is 3.57. The second kappa shape index (κ2) is 10.9. The maximum Gasteiger partial charge on any atom is 0.253 e. The van der Waals surface area contributed by atoms with Gasteiger partial charge >= 0.3 is 0 Å². The monoisotopic (exact) mass is 377 g/mol. The Labute approximate surface area is 163 Å². The highest BCUT2D eigenvalue weighted by Crippen LogP contribution is 2.39. The minimum atomic E-state index is -0.905. The first-order chi connectivity index (χ1) is 12.8. The Bertz CT molecular complexity index is 604. The predicted molar refractivity (Wildman–Crippen MR) is 108 cm³/mol. The van der Waals surface area contributed by atoms with Crippen molar-refractivity contribution in [2.45, 2.75) is 66.2 Å². The van der Waals surface area contributed by atoms with Crippen LogP contribution in [0.1, 0.15) is 66.2 Å². The van der Waals surface area contributed by atoms with Crippen LogP contribution in [0.25, 0.3) is 0 Å². The first-order valence-corrected chi connectivity index (χ1v) is 10.2. The summed E-state index contributed by atoms with van der Waals surface area (Å²) in [6, 6.07) is 0. The summed E-state index contributed by atoms with van der Waals surface area (Å²) in [7, 11) is 0. The van der Waals surface area contributed by atoms with Crippen LogP contribution >= 0.6 is 0 Å². The Kier molecular flexibility index (Phi) is 9.26. The molecule has 3 N–H and O–H groups in total. The minimum Gasteiger partial charge on any atom is -0.366 e. The van der Waals surface area contributed by atoms with Crippen LogP contribution in [0.3, 0.4) is 0 Å². The Morgan fingerprint density at radius 3 is 2.19 bits per heavy atom. The summed E-state index contributed by atoms with van der Waals surface area (Å²) in [6.45, 7) is 9.88. The van der Waals surface area contributed by atoms with Gasteiger partial charge in [0.15, 0.2) is 0 Å². The highest BCUT2D eigenvalue weighted by Gasteiger charge is 2.40. The maximum absolute atomic E-state index is 13.1. The van der Waals surface area contributed by atoms with Gasteiger partial charge < -0.3 is 16.0 Å². The summed E-state index contributed by atoms with van der Waals surface area (Å²) in [5.74, 6) is -0.850. The molecule has 6 heteroatoms. The van der Waals surface area contributed by atoms with Gasteiger partial charge in [-0.2, -0.15) is 0 Å². The van der Waals surface area contributed by atoms with E-state index >= 15 is 0 Å². The molecule has 0 bridgehead atoms. The summed E-state index contributed by atoms with van der Waals surface area (Å²) < 4.78 is 0. The summed E-state index contributed by atoms with van der Waals surface area (Å²) in [6.07, 6.45) is 7.43. The van der Waals surface area contributed by atoms with Crippen LogP contribution < -0.4 is 11.1 Å². The molecule has 0 aromatic heterocycles. The van der Waals surface area contributed by atoms with Gasteiger partial charge in [-0.1, -0.05) is 40.2 Å². The Morgan fingerprint density at radius 2 is 1.70 bits per heavy atom. The molecule has 0 heterocycles. The molecule has 0 fully saturated rings. The number of hydrogen-bond donors (Lipinski definition) is 2. The number of primary amides is 1. The van der Waals surface area contributed by atoms with Crippen LogP contribution in [-0.2, 0) is 14.4 Å². The van der Waals surface area contributed by atoms with E-state index in [-0.39, 0.29) is 18.2 Å². The van der Waals surface area contributed by atoms with Crippen molar-refractivity contribution in [3.63, 3.8) is 0 Å². The third-order valence-electron chi connectivity index (χ3n) is 4.79. The van der Waals surface area contributed by atoms with Gasteiger partial charge in [0.25, 0.3) is 5.91 Å². The zero-order valence-corrected chi connectivity index (χ0v) is 17.3. The lowest BCUT2D eigenvalue weighted by Crippen LogP contribution is -2.44. The van der Waals surface area contributed by atoms with Crippen molar-refractivity contribution in [2.24, 2.45) is 11.1 Å². The van der Waals surface area contributed by atoms with Crippen molar-refractivity contribution in [3.05, 3.63) is 23.3 Å². The molecule has 27 heavy (non-hydrogen) atoms. The lowest BCUT2D eigenvalue weighted by Gasteiger charge is -2.34. The summed E-state index contributed by atoms with van der Waals surface area (Å²) in [5, 5.41) is 2.94. The number of rotatable bonds is 11. The quantitative estimate of drug-likeness (QED) is 0.580. The second-order valence-electron chi connectivity index (χ2n) is 7.26. The molecule has 0 aliphatic heterocycles. The fourth-order valence-corrected chi connectivity index (χ4v) is 3.57. The molecule has 0 aromatic rings. The van der Waals surface area contributed by atoms with Crippen molar-refractivity contribution in [2.75, 3.05) is 19.6 Å². The van der Waals surface area contributed by atoms with Crippen LogP contribution in [0.4, 0.5) is 0 Å². The van der Waals surface area contributed by atoms with Crippen LogP contribution in [0, 0.1) is 5.41 Å². The topological polar surface area (TPSA) is 92.5 Å². The minimum absolute atomic E-state index is 0.138. The first kappa shape index (κ1) is 22.9. The Hall–Kier alpha value is -2.11. The van der Waals surface area contributed by atoms with Crippen LogP contribution in [-0.4, -0.2) is 42.3 Å². The van der Waals surface area contributed by atoms with Gasteiger partial charge in [-0.25, -0.2) is 0 Å². The molecule has 1 aliphatic rings. The highest BCUT2D eigenvalue weighted by molar-refractivity contribution is 6.03. The van der Waals surface area contributed by atoms with Gasteiger partial charge in [0, 0.05) is 30.8 Å². The molecule has 0 saturated heterocycles. The lowest BCUT2D eigenvalue weighted by molar-refractivity contribution is -0.129. The Morgan fingerprint density at radius 1 is 1.07 bits per heavy atom. The molecule has 6 nitrogen and oxygen atoms in total. The van der Waals surface area contributed by atoms with Gasteiger partial charge in [0.2, 0.25) is 11.8 Å². The summed E-state index contributed by atoms with van der Waals surface area (Å²) >= 11 is 0. The van der Waals surface area contributed by atoms with E-state index in [0.717, 1.165) is 25.7 Å². The van der Waals surface area contributed by atoms with E-state index in [0.29, 0.717) is 37.2 Å². The Balaban J connectivity index is 3.36. The smallest absolute Gasteiger partial charge is 0.253 e. The van der Waals surface area contributed by atoms with Gasteiger partial charge in [0.05, 0.1) is 5.41 Å². The molecule has 0 radical (unpaired) electrons. The van der Waals surface area contributed by atoms with Crippen LogP contribution in [0.2, 0.25) is 0 Å². The molecular formula is C21H35N3O3. The highest BCUT2D eigenvalue weighted by atomic mass is 16.2. The van der Waals surface area contributed by atoms with Gasteiger partial charge in [-0.05, 0) is 38.2 Å². The molecule has 0 spiro atoms. The number of nitrogens with one attached hydrogen (secondary N) is 1. The number of amides is 3.